The predicted molar refractivity (Wildman–Crippen MR) is 72.3 cm³/mol. The van der Waals surface area contributed by atoms with Gasteiger partial charge in [0.15, 0.2) is 0 Å². The third kappa shape index (κ3) is 2.72. The first-order valence-electron chi connectivity index (χ1n) is 6.36. The van der Waals surface area contributed by atoms with Crippen LogP contribution in [0.1, 0.15) is 25.5 Å². The van der Waals surface area contributed by atoms with E-state index in [1.54, 1.807) is 12.1 Å². The Bertz CT molecular complexity index is 441. The summed E-state index contributed by atoms with van der Waals surface area (Å²) in [4.78, 5) is 18.3. The summed E-state index contributed by atoms with van der Waals surface area (Å²) in [6.45, 7) is 5.47. The van der Waals surface area contributed by atoms with Gasteiger partial charge >= 0.3 is 0 Å². The van der Waals surface area contributed by atoms with Crippen molar-refractivity contribution in [2.75, 3.05) is 24.1 Å². The van der Waals surface area contributed by atoms with Crippen LogP contribution in [-0.2, 0) is 4.79 Å². The van der Waals surface area contributed by atoms with Crippen LogP contribution >= 0.6 is 0 Å². The summed E-state index contributed by atoms with van der Waals surface area (Å²) >= 11 is 0. The van der Waals surface area contributed by atoms with Gasteiger partial charge in [0, 0.05) is 13.1 Å². The van der Waals surface area contributed by atoms with Crippen LogP contribution in [0.2, 0.25) is 0 Å². The van der Waals surface area contributed by atoms with Crippen LogP contribution in [0.15, 0.2) is 12.1 Å². The maximum Gasteiger partial charge on any atom is 0.244 e. The Morgan fingerprint density at radius 1 is 1.44 bits per heavy atom. The zero-order chi connectivity index (χ0) is 13.1. The van der Waals surface area contributed by atoms with Gasteiger partial charge in [-0.2, -0.15) is 0 Å². The van der Waals surface area contributed by atoms with Crippen LogP contribution in [0.4, 0.5) is 11.5 Å². The Hall–Kier alpha value is -1.78. The Labute approximate surface area is 107 Å². The molecule has 1 aromatic rings. The van der Waals surface area contributed by atoms with Gasteiger partial charge in [0.2, 0.25) is 5.91 Å². The molecule has 18 heavy (non-hydrogen) atoms. The Balaban J connectivity index is 1.99. The van der Waals surface area contributed by atoms with Gasteiger partial charge < -0.3 is 16.0 Å². The summed E-state index contributed by atoms with van der Waals surface area (Å²) in [5.41, 5.74) is 7.16. The lowest BCUT2D eigenvalue weighted by atomic mass is 10.2. The smallest absolute Gasteiger partial charge is 0.244 e. The molecule has 5 heteroatoms. The molecule has 0 spiro atoms. The predicted octanol–water partition coefficient (Wildman–Crippen LogP) is 1.40. The van der Waals surface area contributed by atoms with E-state index < -0.39 is 0 Å². The molecule has 0 aliphatic carbocycles. The van der Waals surface area contributed by atoms with E-state index in [1.165, 1.54) is 0 Å². The van der Waals surface area contributed by atoms with Crippen molar-refractivity contribution in [2.45, 2.75) is 32.7 Å². The van der Waals surface area contributed by atoms with Gasteiger partial charge in [0.1, 0.15) is 11.9 Å². The van der Waals surface area contributed by atoms with E-state index in [1.807, 2.05) is 18.7 Å². The highest BCUT2D eigenvalue weighted by atomic mass is 16.2. The summed E-state index contributed by atoms with van der Waals surface area (Å²) in [6.07, 6.45) is 2.22. The summed E-state index contributed by atoms with van der Waals surface area (Å²) < 4.78 is 0. The molecule has 1 saturated heterocycles. The molecule has 1 atom stereocenters. The molecule has 1 amide bonds. The minimum atomic E-state index is -0.251. The molecule has 98 valence electrons. The molecule has 2 rings (SSSR count). The van der Waals surface area contributed by atoms with Gasteiger partial charge in [-0.25, -0.2) is 4.98 Å². The first-order valence-corrected chi connectivity index (χ1v) is 6.36. The highest BCUT2D eigenvalue weighted by molar-refractivity contribution is 5.84. The topological polar surface area (TPSA) is 71.2 Å². The largest absolute Gasteiger partial charge is 0.397 e. The molecule has 3 N–H and O–H groups in total. The van der Waals surface area contributed by atoms with Crippen molar-refractivity contribution in [3.8, 4) is 0 Å². The fourth-order valence-corrected chi connectivity index (χ4v) is 2.15. The van der Waals surface area contributed by atoms with Crippen LogP contribution in [0.25, 0.3) is 0 Å². The molecule has 1 aromatic heterocycles. The zero-order valence-corrected chi connectivity index (χ0v) is 10.9. The zero-order valence-electron chi connectivity index (χ0n) is 10.9. The van der Waals surface area contributed by atoms with Gasteiger partial charge in [-0.15, -0.1) is 0 Å². The third-order valence-electron chi connectivity index (χ3n) is 3.28. The molecule has 0 bridgehead atoms. The molecule has 5 nitrogen and oxygen atoms in total. The van der Waals surface area contributed by atoms with Crippen LogP contribution in [0, 0.1) is 6.92 Å². The molecular formula is C13H20N4O. The van der Waals surface area contributed by atoms with Gasteiger partial charge in [0.05, 0.1) is 11.4 Å². The maximum atomic E-state index is 12.1. The molecular weight excluding hydrogens is 228 g/mol. The van der Waals surface area contributed by atoms with Crippen molar-refractivity contribution in [1.82, 2.24) is 9.88 Å². The number of nitrogens with one attached hydrogen (secondary N) is 1. The second kappa shape index (κ2) is 5.25. The van der Waals surface area contributed by atoms with Crippen molar-refractivity contribution < 1.29 is 4.79 Å². The molecule has 1 aliphatic heterocycles. The van der Waals surface area contributed by atoms with Gasteiger partial charge in [0.25, 0.3) is 0 Å². The van der Waals surface area contributed by atoms with Crippen molar-refractivity contribution in [3.05, 3.63) is 17.8 Å². The van der Waals surface area contributed by atoms with Crippen molar-refractivity contribution >= 4 is 17.4 Å². The van der Waals surface area contributed by atoms with E-state index in [-0.39, 0.29) is 11.9 Å². The van der Waals surface area contributed by atoms with E-state index in [0.29, 0.717) is 11.5 Å². The second-order valence-corrected chi connectivity index (χ2v) is 4.77. The third-order valence-corrected chi connectivity index (χ3v) is 3.28. The van der Waals surface area contributed by atoms with Crippen LogP contribution < -0.4 is 11.1 Å². The number of carbonyl (C=O) groups is 1. The fraction of sp³-hybridized carbons (Fsp3) is 0.538. The van der Waals surface area contributed by atoms with Crippen LogP contribution in [-0.4, -0.2) is 34.9 Å². The monoisotopic (exact) mass is 248 g/mol. The van der Waals surface area contributed by atoms with Crippen molar-refractivity contribution in [1.29, 1.82) is 0 Å². The number of pyridine rings is 1. The SMILES string of the molecule is Cc1nc(NC(C)C(=O)N2CCCC2)ccc1N. The Morgan fingerprint density at radius 2 is 2.11 bits per heavy atom. The highest BCUT2D eigenvalue weighted by Crippen LogP contribution is 2.14. The number of aryl methyl sites for hydroxylation is 1. The number of nitrogen functional groups attached to an aromatic ring is 1. The quantitative estimate of drug-likeness (QED) is 0.848. The molecule has 0 aromatic carbocycles. The van der Waals surface area contributed by atoms with E-state index >= 15 is 0 Å². The summed E-state index contributed by atoms with van der Waals surface area (Å²) in [6, 6.07) is 3.35. The lowest BCUT2D eigenvalue weighted by Crippen LogP contribution is -2.39. The lowest BCUT2D eigenvalue weighted by molar-refractivity contribution is -0.130. The number of rotatable bonds is 3. The maximum absolute atomic E-state index is 12.1. The van der Waals surface area contributed by atoms with Gasteiger partial charge in [-0.05, 0) is 38.8 Å². The standard InChI is InChI=1S/C13H20N4O/c1-9-11(14)5-6-12(15-9)16-10(2)13(18)17-7-3-4-8-17/h5-6,10H,3-4,7-8,14H2,1-2H3,(H,15,16). The summed E-state index contributed by atoms with van der Waals surface area (Å²) in [5.74, 6) is 0.838. The number of likely N-dealkylation sites (tertiary alicyclic amines) is 1. The van der Waals surface area contributed by atoms with E-state index in [9.17, 15) is 4.79 Å². The number of aromatic nitrogens is 1. The average Bonchev–Trinajstić information content (AvgIpc) is 2.86. The van der Waals surface area contributed by atoms with Crippen molar-refractivity contribution in [2.24, 2.45) is 0 Å². The number of nitrogens with zero attached hydrogens (tertiary/aromatic N) is 2. The average molecular weight is 248 g/mol. The molecule has 0 saturated carbocycles. The van der Waals surface area contributed by atoms with E-state index in [2.05, 4.69) is 10.3 Å². The number of hydrogen-bond donors (Lipinski definition) is 2. The van der Waals surface area contributed by atoms with E-state index in [0.717, 1.165) is 31.6 Å². The first-order chi connectivity index (χ1) is 8.58. The number of hydrogen-bond acceptors (Lipinski definition) is 4. The number of amides is 1. The summed E-state index contributed by atoms with van der Waals surface area (Å²) in [5, 5.41) is 3.13. The Kier molecular flexibility index (Phi) is 3.69. The van der Waals surface area contributed by atoms with E-state index in [4.69, 9.17) is 5.73 Å². The Morgan fingerprint density at radius 3 is 2.72 bits per heavy atom. The molecule has 1 unspecified atom stereocenters. The van der Waals surface area contributed by atoms with Gasteiger partial charge in [-0.1, -0.05) is 0 Å². The molecule has 2 heterocycles. The second-order valence-electron chi connectivity index (χ2n) is 4.77. The minimum absolute atomic E-state index is 0.142. The molecule has 1 fully saturated rings. The highest BCUT2D eigenvalue weighted by Gasteiger charge is 2.23. The molecule has 1 aliphatic rings. The number of carbonyl (C=O) groups excluding carboxylic acids is 1. The molecule has 0 radical (unpaired) electrons. The summed E-state index contributed by atoms with van der Waals surface area (Å²) in [7, 11) is 0. The van der Waals surface area contributed by atoms with Crippen molar-refractivity contribution in [3.63, 3.8) is 0 Å². The van der Waals surface area contributed by atoms with Gasteiger partial charge in [-0.3, -0.25) is 4.79 Å². The first kappa shape index (κ1) is 12.7. The fourth-order valence-electron chi connectivity index (χ4n) is 2.15. The van der Waals surface area contributed by atoms with Crippen LogP contribution in [0.3, 0.4) is 0 Å². The minimum Gasteiger partial charge on any atom is -0.397 e. The van der Waals surface area contributed by atoms with Crippen LogP contribution in [0.5, 0.6) is 0 Å². The normalized spacial score (nSPS) is 16.7. The number of anilines is 2. The number of nitrogens with two attached hydrogens (primary N) is 1. The lowest BCUT2D eigenvalue weighted by Gasteiger charge is -2.21.